The van der Waals surface area contributed by atoms with Gasteiger partial charge in [-0.1, -0.05) is 72.8 Å². The number of halogens is 1. The van der Waals surface area contributed by atoms with E-state index in [0.717, 1.165) is 5.57 Å². The van der Waals surface area contributed by atoms with Crippen LogP contribution in [-0.4, -0.2) is 33.4 Å². The van der Waals surface area contributed by atoms with Gasteiger partial charge >= 0.3 is 0 Å². The molecule has 3 nitrogen and oxygen atoms in total. The second-order valence-electron chi connectivity index (χ2n) is 6.70. The highest BCUT2D eigenvalue weighted by atomic mass is 35.5. The van der Waals surface area contributed by atoms with E-state index in [9.17, 15) is 4.79 Å². The maximum absolute atomic E-state index is 12.1. The lowest BCUT2D eigenvalue weighted by molar-refractivity contribution is -0.140. The van der Waals surface area contributed by atoms with Crippen LogP contribution in [0, 0.1) is 0 Å². The standard InChI is InChI=1S/C22H21ClN2OS/c23-13-7-12-17-14-25-21(26)19(24)22(25)27-20(17)18(15-8-3-1-4-9-15)16-10-5-2-6-11-16/h1-12,14,18-20,22H,13,24H2/t19?,20?,22-/m1/s1. The highest BCUT2D eigenvalue weighted by Gasteiger charge is 2.49. The average Bonchev–Trinajstić information content (AvgIpc) is 2.73. The second kappa shape index (κ2) is 7.93. The van der Waals surface area contributed by atoms with Gasteiger partial charge in [-0.25, -0.2) is 0 Å². The van der Waals surface area contributed by atoms with Gasteiger partial charge in [0.2, 0.25) is 5.91 Å². The maximum Gasteiger partial charge on any atom is 0.247 e. The molecule has 0 bridgehead atoms. The molecule has 2 N–H and O–H groups in total. The smallest absolute Gasteiger partial charge is 0.247 e. The molecule has 2 aliphatic heterocycles. The van der Waals surface area contributed by atoms with E-state index in [1.54, 1.807) is 16.7 Å². The SMILES string of the molecule is NC1C(=O)N2C=C(C=CCCl)C(C(c3ccccc3)c3ccccc3)S[C@H]12. The molecule has 1 fully saturated rings. The molecule has 4 rings (SSSR count). The van der Waals surface area contributed by atoms with Crippen LogP contribution in [0.25, 0.3) is 0 Å². The van der Waals surface area contributed by atoms with Gasteiger partial charge < -0.3 is 10.6 Å². The molecule has 5 heteroatoms. The minimum absolute atomic E-state index is 0.00873. The topological polar surface area (TPSA) is 46.3 Å². The highest BCUT2D eigenvalue weighted by molar-refractivity contribution is 8.01. The van der Waals surface area contributed by atoms with Crippen LogP contribution in [0.1, 0.15) is 17.0 Å². The summed E-state index contributed by atoms with van der Waals surface area (Å²) in [5.74, 6) is 0.583. The van der Waals surface area contributed by atoms with Gasteiger partial charge in [0.1, 0.15) is 11.4 Å². The number of alkyl halides is 1. The molecule has 0 radical (unpaired) electrons. The van der Waals surface area contributed by atoms with Crippen molar-refractivity contribution in [2.24, 2.45) is 5.73 Å². The number of allylic oxidation sites excluding steroid dienone is 2. The van der Waals surface area contributed by atoms with Crippen molar-refractivity contribution >= 4 is 29.3 Å². The number of benzene rings is 2. The Hall–Kier alpha value is -2.01. The van der Waals surface area contributed by atoms with Crippen LogP contribution in [0.2, 0.25) is 0 Å². The number of nitrogens with two attached hydrogens (primary N) is 1. The van der Waals surface area contributed by atoms with Gasteiger partial charge in [0.15, 0.2) is 0 Å². The van der Waals surface area contributed by atoms with E-state index in [4.69, 9.17) is 17.3 Å². The van der Waals surface area contributed by atoms with Gasteiger partial charge in [0.05, 0.1) is 0 Å². The van der Waals surface area contributed by atoms with Crippen LogP contribution < -0.4 is 5.73 Å². The number of rotatable bonds is 5. The summed E-state index contributed by atoms with van der Waals surface area (Å²) in [7, 11) is 0. The monoisotopic (exact) mass is 396 g/mol. The van der Waals surface area contributed by atoms with Crippen LogP contribution in [0.5, 0.6) is 0 Å². The van der Waals surface area contributed by atoms with Gasteiger partial charge in [-0.05, 0) is 16.7 Å². The summed E-state index contributed by atoms with van der Waals surface area (Å²) in [6, 6.07) is 20.6. The minimum Gasteiger partial charge on any atom is -0.317 e. The molecule has 2 heterocycles. The van der Waals surface area contributed by atoms with Crippen molar-refractivity contribution in [1.82, 2.24) is 4.90 Å². The Morgan fingerprint density at radius 3 is 2.22 bits per heavy atom. The summed E-state index contributed by atoms with van der Waals surface area (Å²) in [6.07, 6.45) is 5.93. The predicted molar refractivity (Wildman–Crippen MR) is 113 cm³/mol. The summed E-state index contributed by atoms with van der Waals surface area (Å²) in [4.78, 5) is 13.9. The normalized spacial score (nSPS) is 24.7. The number of amides is 1. The predicted octanol–water partition coefficient (Wildman–Crippen LogP) is 4.11. The first kappa shape index (κ1) is 18.4. The first-order valence-corrected chi connectivity index (χ1v) is 10.5. The Labute approximate surface area is 168 Å². The van der Waals surface area contributed by atoms with Crippen LogP contribution >= 0.6 is 23.4 Å². The zero-order chi connectivity index (χ0) is 18.8. The van der Waals surface area contributed by atoms with E-state index in [1.807, 2.05) is 30.5 Å². The first-order chi connectivity index (χ1) is 13.2. The quantitative estimate of drug-likeness (QED) is 0.611. The minimum atomic E-state index is -0.431. The zero-order valence-corrected chi connectivity index (χ0v) is 16.3. The highest BCUT2D eigenvalue weighted by Crippen LogP contribution is 2.47. The molecule has 2 aromatic rings. The van der Waals surface area contributed by atoms with Crippen molar-refractivity contribution in [3.05, 3.63) is 95.7 Å². The number of carbonyl (C=O) groups excluding carboxylic acids is 1. The largest absolute Gasteiger partial charge is 0.317 e. The van der Waals surface area contributed by atoms with E-state index in [-0.39, 0.29) is 22.4 Å². The van der Waals surface area contributed by atoms with E-state index in [1.165, 1.54) is 11.1 Å². The molecule has 0 spiro atoms. The van der Waals surface area contributed by atoms with Gasteiger partial charge in [-0.2, -0.15) is 0 Å². The van der Waals surface area contributed by atoms with E-state index >= 15 is 0 Å². The third-order valence-corrected chi connectivity index (χ3v) is 6.86. The fraction of sp³-hybridized carbons (Fsp3) is 0.227. The Morgan fingerprint density at radius 1 is 1.07 bits per heavy atom. The van der Waals surface area contributed by atoms with Gasteiger partial charge in [-0.15, -0.1) is 23.4 Å². The van der Waals surface area contributed by atoms with Gasteiger partial charge in [0, 0.05) is 23.2 Å². The van der Waals surface area contributed by atoms with Crippen molar-refractivity contribution in [3.63, 3.8) is 0 Å². The molecule has 2 aliphatic rings. The van der Waals surface area contributed by atoms with Crippen molar-refractivity contribution in [2.45, 2.75) is 22.6 Å². The van der Waals surface area contributed by atoms with E-state index in [0.29, 0.717) is 5.88 Å². The number of thioether (sulfide) groups is 1. The molecular formula is C22H21ClN2OS. The first-order valence-electron chi connectivity index (χ1n) is 8.98. The molecule has 0 aromatic heterocycles. The van der Waals surface area contributed by atoms with Gasteiger partial charge in [-0.3, -0.25) is 4.79 Å². The Bertz CT molecular complexity index is 829. The van der Waals surface area contributed by atoms with Crippen LogP contribution in [0.15, 0.2) is 84.6 Å². The van der Waals surface area contributed by atoms with Crippen molar-refractivity contribution in [1.29, 1.82) is 0 Å². The fourth-order valence-electron chi connectivity index (χ4n) is 3.71. The van der Waals surface area contributed by atoms with Crippen LogP contribution in [-0.2, 0) is 4.79 Å². The zero-order valence-electron chi connectivity index (χ0n) is 14.7. The molecule has 1 amide bonds. The molecule has 2 unspecified atom stereocenters. The number of fused-ring (bicyclic) bond motifs is 1. The summed E-state index contributed by atoms with van der Waals surface area (Å²) >= 11 is 7.66. The summed E-state index contributed by atoms with van der Waals surface area (Å²) in [6.45, 7) is 0. The average molecular weight is 397 g/mol. The lowest BCUT2D eigenvalue weighted by Crippen LogP contribution is -2.66. The number of hydrogen-bond acceptors (Lipinski definition) is 3. The van der Waals surface area contributed by atoms with E-state index < -0.39 is 6.04 Å². The van der Waals surface area contributed by atoms with Crippen molar-refractivity contribution in [3.8, 4) is 0 Å². The van der Waals surface area contributed by atoms with Crippen molar-refractivity contribution in [2.75, 3.05) is 5.88 Å². The Morgan fingerprint density at radius 2 is 1.67 bits per heavy atom. The third-order valence-electron chi connectivity index (χ3n) is 5.04. The molecule has 0 saturated carbocycles. The Balaban J connectivity index is 1.80. The summed E-state index contributed by atoms with van der Waals surface area (Å²) < 4.78 is 0. The lowest BCUT2D eigenvalue weighted by atomic mass is 9.85. The molecule has 3 atom stereocenters. The molecule has 1 saturated heterocycles. The summed E-state index contributed by atoms with van der Waals surface area (Å²) in [5, 5.41) is 0.139. The number of hydrogen-bond donors (Lipinski definition) is 1. The summed E-state index contributed by atoms with van der Waals surface area (Å²) in [5.41, 5.74) is 9.67. The fourth-order valence-corrected chi connectivity index (χ4v) is 5.45. The van der Waals surface area contributed by atoms with Crippen LogP contribution in [0.4, 0.5) is 0 Å². The molecule has 0 aliphatic carbocycles. The Kier molecular flexibility index (Phi) is 5.39. The lowest BCUT2D eigenvalue weighted by Gasteiger charge is -2.49. The van der Waals surface area contributed by atoms with Gasteiger partial charge in [0.25, 0.3) is 0 Å². The number of carbonyl (C=O) groups is 1. The molecule has 27 heavy (non-hydrogen) atoms. The maximum atomic E-state index is 12.1. The molecular weight excluding hydrogens is 376 g/mol. The van der Waals surface area contributed by atoms with Crippen LogP contribution in [0.3, 0.4) is 0 Å². The number of nitrogens with zero attached hydrogens (tertiary/aromatic N) is 1. The van der Waals surface area contributed by atoms with E-state index in [2.05, 4.69) is 48.5 Å². The third kappa shape index (κ3) is 3.45. The molecule has 2 aromatic carbocycles. The second-order valence-corrected chi connectivity index (χ2v) is 8.27. The van der Waals surface area contributed by atoms with Crippen molar-refractivity contribution < 1.29 is 4.79 Å². The number of β-lactam (4-membered cyclic amide) rings is 1. The molecule has 138 valence electrons.